The third-order valence-electron chi connectivity index (χ3n) is 3.42. The maximum Gasteiger partial charge on any atom is 0.330 e. The number of carbonyl (C=O) groups excluding carboxylic acids is 2. The first-order valence-corrected chi connectivity index (χ1v) is 6.83. The predicted octanol–water partition coefficient (Wildman–Crippen LogP) is 0.786. The highest BCUT2D eigenvalue weighted by Gasteiger charge is 2.35. The van der Waals surface area contributed by atoms with Gasteiger partial charge in [-0.25, -0.2) is 4.79 Å². The Bertz CT molecular complexity index is 290. The van der Waals surface area contributed by atoms with Crippen LogP contribution in [0, 0.1) is 5.92 Å². The number of hydrogen-bond donors (Lipinski definition) is 1. The van der Waals surface area contributed by atoms with E-state index in [9.17, 15) is 9.59 Å². The van der Waals surface area contributed by atoms with Crippen LogP contribution >= 0.6 is 0 Å². The van der Waals surface area contributed by atoms with Crippen molar-refractivity contribution in [3.05, 3.63) is 0 Å². The van der Waals surface area contributed by atoms with E-state index in [1.165, 1.54) is 0 Å². The molecule has 104 valence electrons. The maximum absolute atomic E-state index is 12.4. The molecule has 1 rings (SSSR count). The van der Waals surface area contributed by atoms with Crippen molar-refractivity contribution in [1.82, 2.24) is 10.2 Å². The summed E-state index contributed by atoms with van der Waals surface area (Å²) in [6, 6.07) is -0.466. The van der Waals surface area contributed by atoms with E-state index in [1.54, 1.807) is 11.8 Å². The van der Waals surface area contributed by atoms with Crippen LogP contribution < -0.4 is 5.32 Å². The minimum atomic E-state index is -0.466. The molecule has 1 unspecified atom stereocenters. The van der Waals surface area contributed by atoms with Crippen molar-refractivity contribution >= 4 is 11.9 Å². The summed E-state index contributed by atoms with van der Waals surface area (Å²) in [7, 11) is 0. The molecule has 0 bridgehead atoms. The lowest BCUT2D eigenvalue weighted by molar-refractivity contribution is -0.157. The fourth-order valence-corrected chi connectivity index (χ4v) is 2.29. The van der Waals surface area contributed by atoms with Gasteiger partial charge in [-0.15, -0.1) is 0 Å². The molecule has 1 heterocycles. The topological polar surface area (TPSA) is 58.6 Å². The summed E-state index contributed by atoms with van der Waals surface area (Å²) in [6.45, 7) is 7.95. The normalized spacial score (nSPS) is 20.0. The van der Waals surface area contributed by atoms with Crippen LogP contribution in [0.3, 0.4) is 0 Å². The lowest BCUT2D eigenvalue weighted by Gasteiger charge is -2.36. The number of hydrogen-bond acceptors (Lipinski definition) is 4. The zero-order chi connectivity index (χ0) is 13.5. The highest BCUT2D eigenvalue weighted by molar-refractivity contribution is 5.86. The van der Waals surface area contributed by atoms with Gasteiger partial charge in [-0.05, 0) is 19.8 Å². The first-order chi connectivity index (χ1) is 8.65. The van der Waals surface area contributed by atoms with E-state index in [0.717, 1.165) is 19.4 Å². The number of amides is 1. The molecule has 0 aromatic rings. The van der Waals surface area contributed by atoms with Gasteiger partial charge in [0.05, 0.1) is 6.61 Å². The van der Waals surface area contributed by atoms with Gasteiger partial charge in [0.25, 0.3) is 0 Å². The van der Waals surface area contributed by atoms with Crippen LogP contribution in [0.5, 0.6) is 0 Å². The Morgan fingerprint density at radius 1 is 1.33 bits per heavy atom. The first kappa shape index (κ1) is 15.0. The van der Waals surface area contributed by atoms with Gasteiger partial charge in [-0.2, -0.15) is 0 Å². The van der Waals surface area contributed by atoms with Gasteiger partial charge in [0, 0.05) is 25.6 Å². The average molecular weight is 256 g/mol. The van der Waals surface area contributed by atoms with Crippen LogP contribution in [0.15, 0.2) is 0 Å². The second-order valence-electron chi connectivity index (χ2n) is 4.52. The van der Waals surface area contributed by atoms with E-state index < -0.39 is 6.04 Å². The maximum atomic E-state index is 12.4. The summed E-state index contributed by atoms with van der Waals surface area (Å²) in [5, 5.41) is 3.14. The zero-order valence-corrected chi connectivity index (χ0v) is 11.6. The molecule has 5 heteroatoms. The smallest absolute Gasteiger partial charge is 0.330 e. The molecule has 0 aliphatic carbocycles. The van der Waals surface area contributed by atoms with E-state index >= 15 is 0 Å². The van der Waals surface area contributed by atoms with Crippen molar-refractivity contribution in [3.8, 4) is 0 Å². The number of nitrogens with zero attached hydrogens (tertiary/aromatic N) is 1. The van der Waals surface area contributed by atoms with Crippen LogP contribution in [-0.2, 0) is 14.3 Å². The lowest BCUT2D eigenvalue weighted by atomic mass is 10.00. The molecule has 1 atom stereocenters. The van der Waals surface area contributed by atoms with Crippen LogP contribution in [0.25, 0.3) is 0 Å². The summed E-state index contributed by atoms with van der Waals surface area (Å²) in [6.07, 6.45) is 1.63. The molecule has 18 heavy (non-hydrogen) atoms. The first-order valence-electron chi connectivity index (χ1n) is 6.83. The fourth-order valence-electron chi connectivity index (χ4n) is 2.29. The standard InChI is InChI=1S/C13H24N2O3/c1-4-10(5-2)12(16)15-8-7-14-9-11(15)13(17)18-6-3/h10-11,14H,4-9H2,1-3H3. The van der Waals surface area contributed by atoms with Crippen molar-refractivity contribution in [2.75, 3.05) is 26.2 Å². The largest absolute Gasteiger partial charge is 0.464 e. The van der Waals surface area contributed by atoms with Gasteiger partial charge in [0.2, 0.25) is 5.91 Å². The number of carbonyl (C=O) groups is 2. The summed E-state index contributed by atoms with van der Waals surface area (Å²) in [4.78, 5) is 25.9. The van der Waals surface area contributed by atoms with Crippen molar-refractivity contribution in [3.63, 3.8) is 0 Å². The second-order valence-corrected chi connectivity index (χ2v) is 4.52. The van der Waals surface area contributed by atoms with E-state index in [1.807, 2.05) is 13.8 Å². The van der Waals surface area contributed by atoms with Gasteiger partial charge >= 0.3 is 5.97 Å². The highest BCUT2D eigenvalue weighted by Crippen LogP contribution is 2.16. The van der Waals surface area contributed by atoms with E-state index in [2.05, 4.69) is 5.32 Å². The molecule has 1 aliphatic rings. The molecule has 1 aliphatic heterocycles. The monoisotopic (exact) mass is 256 g/mol. The Balaban J connectivity index is 2.75. The highest BCUT2D eigenvalue weighted by atomic mass is 16.5. The number of rotatable bonds is 5. The molecule has 1 fully saturated rings. The number of ether oxygens (including phenoxy) is 1. The SMILES string of the molecule is CCOC(=O)C1CNCCN1C(=O)C(CC)CC. The van der Waals surface area contributed by atoms with Gasteiger partial charge in [-0.3, -0.25) is 4.79 Å². The molecule has 0 radical (unpaired) electrons. The summed E-state index contributed by atoms with van der Waals surface area (Å²) >= 11 is 0. The van der Waals surface area contributed by atoms with Crippen molar-refractivity contribution in [1.29, 1.82) is 0 Å². The van der Waals surface area contributed by atoms with Crippen LogP contribution in [-0.4, -0.2) is 49.1 Å². The van der Waals surface area contributed by atoms with Crippen molar-refractivity contribution in [2.24, 2.45) is 5.92 Å². The third-order valence-corrected chi connectivity index (χ3v) is 3.42. The fraction of sp³-hybridized carbons (Fsp3) is 0.846. The van der Waals surface area contributed by atoms with Gasteiger partial charge < -0.3 is 15.0 Å². The Kier molecular flexibility index (Phi) is 6.12. The average Bonchev–Trinajstić information content (AvgIpc) is 2.40. The van der Waals surface area contributed by atoms with Gasteiger partial charge in [0.1, 0.15) is 6.04 Å². The molecule has 0 aromatic carbocycles. The molecule has 1 saturated heterocycles. The summed E-state index contributed by atoms with van der Waals surface area (Å²) in [5.41, 5.74) is 0. The molecule has 5 nitrogen and oxygen atoms in total. The van der Waals surface area contributed by atoms with Crippen molar-refractivity contribution < 1.29 is 14.3 Å². The van der Waals surface area contributed by atoms with Crippen LogP contribution in [0.2, 0.25) is 0 Å². The summed E-state index contributed by atoms with van der Waals surface area (Å²) < 4.78 is 5.04. The summed E-state index contributed by atoms with van der Waals surface area (Å²) in [5.74, 6) is -0.205. The Morgan fingerprint density at radius 2 is 2.00 bits per heavy atom. The minimum Gasteiger partial charge on any atom is -0.464 e. The molecular formula is C13H24N2O3. The Hall–Kier alpha value is -1.10. The third kappa shape index (κ3) is 3.45. The van der Waals surface area contributed by atoms with E-state index in [4.69, 9.17) is 4.74 Å². The van der Waals surface area contributed by atoms with Crippen LogP contribution in [0.1, 0.15) is 33.6 Å². The number of esters is 1. The molecule has 1 amide bonds. The van der Waals surface area contributed by atoms with Gasteiger partial charge in [-0.1, -0.05) is 13.8 Å². The minimum absolute atomic E-state index is 0.0139. The van der Waals surface area contributed by atoms with Crippen molar-refractivity contribution in [2.45, 2.75) is 39.7 Å². The van der Waals surface area contributed by atoms with Gasteiger partial charge in [0.15, 0.2) is 0 Å². The molecule has 1 N–H and O–H groups in total. The molecule has 0 spiro atoms. The predicted molar refractivity (Wildman–Crippen MR) is 69.1 cm³/mol. The molecular weight excluding hydrogens is 232 g/mol. The number of piperazine rings is 1. The lowest BCUT2D eigenvalue weighted by Crippen LogP contribution is -2.58. The van der Waals surface area contributed by atoms with E-state index in [0.29, 0.717) is 19.7 Å². The zero-order valence-electron chi connectivity index (χ0n) is 11.6. The second kappa shape index (κ2) is 7.36. The van der Waals surface area contributed by atoms with Crippen LogP contribution in [0.4, 0.5) is 0 Å². The molecule has 0 saturated carbocycles. The number of nitrogens with one attached hydrogen (secondary N) is 1. The Labute approximate surface area is 109 Å². The van der Waals surface area contributed by atoms with E-state index in [-0.39, 0.29) is 17.8 Å². The molecule has 0 aromatic heterocycles. The quantitative estimate of drug-likeness (QED) is 0.739. The Morgan fingerprint density at radius 3 is 2.56 bits per heavy atom.